The number of nitrogens with one attached hydrogen (secondary N) is 1. The third kappa shape index (κ3) is 4.45. The van der Waals surface area contributed by atoms with Crippen molar-refractivity contribution in [2.75, 3.05) is 32.8 Å². The molecule has 0 aromatic rings. The number of esters is 1. The second-order valence-corrected chi connectivity index (χ2v) is 5.77. The van der Waals surface area contributed by atoms with Crippen molar-refractivity contribution in [3.05, 3.63) is 0 Å². The quantitative estimate of drug-likeness (QED) is 0.592. The number of carbonyl (C=O) groups is 1. The Morgan fingerprint density at radius 1 is 1.20 bits per heavy atom. The van der Waals surface area contributed by atoms with Crippen LogP contribution in [0.15, 0.2) is 0 Å². The summed E-state index contributed by atoms with van der Waals surface area (Å²) in [5.41, 5.74) is -0.491. The van der Waals surface area contributed by atoms with Gasteiger partial charge in [-0.2, -0.15) is 0 Å². The number of nitrogens with zero attached hydrogens (tertiary/aromatic N) is 1. The molecule has 1 rings (SSSR count). The maximum Gasteiger partial charge on any atom is 0.327 e. The smallest absolute Gasteiger partial charge is 0.327 e. The summed E-state index contributed by atoms with van der Waals surface area (Å²) in [5.74, 6) is 0.388. The molecule has 0 saturated heterocycles. The fourth-order valence-corrected chi connectivity index (χ4v) is 3.04. The van der Waals surface area contributed by atoms with E-state index in [0.29, 0.717) is 12.5 Å². The van der Waals surface area contributed by atoms with E-state index in [4.69, 9.17) is 4.74 Å². The van der Waals surface area contributed by atoms with Gasteiger partial charge >= 0.3 is 5.97 Å². The molecule has 4 nitrogen and oxygen atoms in total. The highest BCUT2D eigenvalue weighted by molar-refractivity contribution is 5.82. The van der Waals surface area contributed by atoms with Crippen LogP contribution in [0.3, 0.4) is 0 Å². The van der Waals surface area contributed by atoms with E-state index in [1.807, 2.05) is 6.92 Å². The number of rotatable bonds is 11. The predicted octanol–water partition coefficient (Wildman–Crippen LogP) is 2.43. The maximum atomic E-state index is 12.6. The van der Waals surface area contributed by atoms with Crippen LogP contribution in [0.25, 0.3) is 0 Å². The number of likely N-dealkylation sites (N-methyl/N-ethyl adjacent to an activating group) is 1. The van der Waals surface area contributed by atoms with Crippen LogP contribution in [-0.2, 0) is 9.53 Å². The average Bonchev–Trinajstić information content (AvgIpc) is 3.23. The van der Waals surface area contributed by atoms with Crippen LogP contribution < -0.4 is 5.32 Å². The van der Waals surface area contributed by atoms with Gasteiger partial charge in [-0.15, -0.1) is 0 Å². The minimum absolute atomic E-state index is 0.0541. The van der Waals surface area contributed by atoms with E-state index >= 15 is 0 Å². The summed E-state index contributed by atoms with van der Waals surface area (Å²) in [7, 11) is 0. The lowest BCUT2D eigenvalue weighted by molar-refractivity contribution is -0.153. The Morgan fingerprint density at radius 3 is 2.20 bits per heavy atom. The first-order chi connectivity index (χ1) is 9.64. The number of hydrogen-bond acceptors (Lipinski definition) is 4. The fraction of sp³-hybridized carbons (Fsp3) is 0.938. The number of hydrogen-bond donors (Lipinski definition) is 1. The molecule has 1 atom stereocenters. The second kappa shape index (κ2) is 8.63. The minimum Gasteiger partial charge on any atom is -0.465 e. The summed E-state index contributed by atoms with van der Waals surface area (Å²) >= 11 is 0. The monoisotopic (exact) mass is 284 g/mol. The Bertz CT molecular complexity index is 286. The van der Waals surface area contributed by atoms with Gasteiger partial charge in [0.1, 0.15) is 5.54 Å². The van der Waals surface area contributed by atoms with Crippen molar-refractivity contribution < 1.29 is 9.53 Å². The highest BCUT2D eigenvalue weighted by Gasteiger charge is 2.52. The van der Waals surface area contributed by atoms with Crippen LogP contribution in [0, 0.1) is 5.92 Å². The third-order valence-corrected chi connectivity index (χ3v) is 3.96. The summed E-state index contributed by atoms with van der Waals surface area (Å²) in [4.78, 5) is 15.0. The van der Waals surface area contributed by atoms with Crippen molar-refractivity contribution >= 4 is 5.97 Å². The fourth-order valence-electron chi connectivity index (χ4n) is 3.04. The first kappa shape index (κ1) is 17.4. The topological polar surface area (TPSA) is 41.6 Å². The minimum atomic E-state index is -0.491. The van der Waals surface area contributed by atoms with Gasteiger partial charge in [0.05, 0.1) is 6.61 Å². The van der Waals surface area contributed by atoms with Gasteiger partial charge in [0, 0.05) is 6.54 Å². The van der Waals surface area contributed by atoms with Crippen LogP contribution >= 0.6 is 0 Å². The standard InChI is InChI=1S/C16H32N2O2/c1-5-11-18(12-6-2)13-16(17-7-3,14-9-10-14)15(19)20-8-4/h14,17H,5-13H2,1-4H3. The van der Waals surface area contributed by atoms with Gasteiger partial charge < -0.3 is 15.0 Å². The molecule has 1 unspecified atom stereocenters. The maximum absolute atomic E-state index is 12.6. The molecule has 0 amide bonds. The van der Waals surface area contributed by atoms with E-state index in [1.165, 1.54) is 0 Å². The SMILES string of the molecule is CCCN(CCC)CC(NCC)(C(=O)OCC)C1CC1. The van der Waals surface area contributed by atoms with Crippen molar-refractivity contribution in [1.29, 1.82) is 0 Å². The van der Waals surface area contributed by atoms with Gasteiger partial charge in [0.15, 0.2) is 0 Å². The summed E-state index contributed by atoms with van der Waals surface area (Å²) in [6, 6.07) is 0. The van der Waals surface area contributed by atoms with Crippen LogP contribution in [-0.4, -0.2) is 49.2 Å². The van der Waals surface area contributed by atoms with Crippen LogP contribution in [0.4, 0.5) is 0 Å². The van der Waals surface area contributed by atoms with Crippen molar-refractivity contribution in [3.63, 3.8) is 0 Å². The van der Waals surface area contributed by atoms with Gasteiger partial charge in [-0.1, -0.05) is 20.8 Å². The molecule has 0 aromatic carbocycles. The van der Waals surface area contributed by atoms with E-state index in [1.54, 1.807) is 0 Å². The van der Waals surface area contributed by atoms with Gasteiger partial charge in [-0.05, 0) is 58.2 Å². The molecule has 0 aromatic heterocycles. The zero-order valence-corrected chi connectivity index (χ0v) is 13.7. The highest BCUT2D eigenvalue weighted by Crippen LogP contribution is 2.41. The van der Waals surface area contributed by atoms with Crippen molar-refractivity contribution in [3.8, 4) is 0 Å². The summed E-state index contributed by atoms with van der Waals surface area (Å²) in [6.07, 6.45) is 4.52. The molecule has 0 bridgehead atoms. The molecule has 20 heavy (non-hydrogen) atoms. The lowest BCUT2D eigenvalue weighted by Crippen LogP contribution is -2.61. The zero-order chi connectivity index (χ0) is 15.0. The molecule has 118 valence electrons. The summed E-state index contributed by atoms with van der Waals surface area (Å²) in [6.45, 7) is 12.5. The van der Waals surface area contributed by atoms with Gasteiger partial charge in [-0.3, -0.25) is 0 Å². The van der Waals surface area contributed by atoms with Crippen LogP contribution in [0.5, 0.6) is 0 Å². The van der Waals surface area contributed by atoms with E-state index < -0.39 is 5.54 Å². The van der Waals surface area contributed by atoms with E-state index in [0.717, 1.165) is 51.9 Å². The van der Waals surface area contributed by atoms with E-state index in [9.17, 15) is 4.79 Å². The number of carbonyl (C=O) groups excluding carboxylic acids is 1. The Morgan fingerprint density at radius 2 is 1.80 bits per heavy atom. The Hall–Kier alpha value is -0.610. The van der Waals surface area contributed by atoms with Gasteiger partial charge in [-0.25, -0.2) is 4.79 Å². The van der Waals surface area contributed by atoms with Crippen molar-refractivity contribution in [1.82, 2.24) is 10.2 Å². The zero-order valence-electron chi connectivity index (χ0n) is 13.7. The molecule has 0 spiro atoms. The Balaban J connectivity index is 2.86. The first-order valence-electron chi connectivity index (χ1n) is 8.29. The molecular weight excluding hydrogens is 252 g/mol. The second-order valence-electron chi connectivity index (χ2n) is 5.77. The van der Waals surface area contributed by atoms with Crippen LogP contribution in [0.2, 0.25) is 0 Å². The molecule has 0 aliphatic heterocycles. The third-order valence-electron chi connectivity index (χ3n) is 3.96. The molecule has 0 heterocycles. The summed E-state index contributed by atoms with van der Waals surface area (Å²) < 4.78 is 5.39. The van der Waals surface area contributed by atoms with Crippen LogP contribution in [0.1, 0.15) is 53.4 Å². The molecule has 1 aliphatic carbocycles. The Kier molecular flexibility index (Phi) is 7.52. The Labute approximate surface area is 124 Å². The predicted molar refractivity (Wildman–Crippen MR) is 82.8 cm³/mol. The van der Waals surface area contributed by atoms with E-state index in [2.05, 4.69) is 31.0 Å². The first-order valence-corrected chi connectivity index (χ1v) is 8.29. The summed E-state index contributed by atoms with van der Waals surface area (Å²) in [5, 5.41) is 3.47. The molecule has 1 fully saturated rings. The molecule has 1 N–H and O–H groups in total. The van der Waals surface area contributed by atoms with Crippen molar-refractivity contribution in [2.45, 2.75) is 58.9 Å². The van der Waals surface area contributed by atoms with Crippen molar-refractivity contribution in [2.24, 2.45) is 5.92 Å². The number of ether oxygens (including phenoxy) is 1. The highest BCUT2D eigenvalue weighted by atomic mass is 16.5. The average molecular weight is 284 g/mol. The largest absolute Gasteiger partial charge is 0.465 e. The lowest BCUT2D eigenvalue weighted by Gasteiger charge is -2.37. The molecule has 4 heteroatoms. The molecule has 1 saturated carbocycles. The molecule has 0 radical (unpaired) electrons. The molecule has 1 aliphatic rings. The normalized spacial score (nSPS) is 18.1. The molecular formula is C16H32N2O2. The van der Waals surface area contributed by atoms with E-state index in [-0.39, 0.29) is 5.97 Å². The lowest BCUT2D eigenvalue weighted by atomic mass is 9.91. The van der Waals surface area contributed by atoms with Gasteiger partial charge in [0.25, 0.3) is 0 Å². The van der Waals surface area contributed by atoms with Gasteiger partial charge in [0.2, 0.25) is 0 Å².